The number of alkyl halides is 3. The second-order valence-electron chi connectivity index (χ2n) is 11.7. The molecule has 288 valence electrons. The largest absolute Gasteiger partial charge is 0.507 e. The van der Waals surface area contributed by atoms with Crippen LogP contribution in [0.2, 0.25) is 5.02 Å². The van der Waals surface area contributed by atoms with E-state index in [4.69, 9.17) is 16.3 Å². The number of carbonyl (C=O) groups excluding carboxylic acids is 3. The summed E-state index contributed by atoms with van der Waals surface area (Å²) in [7, 11) is 0. The molecule has 0 spiro atoms. The van der Waals surface area contributed by atoms with Crippen molar-refractivity contribution in [2.75, 3.05) is 55.2 Å². The molecule has 4 amide bonds. The smallest absolute Gasteiger partial charge is 0.417 e. The van der Waals surface area contributed by atoms with E-state index in [1.807, 2.05) is 40.1 Å². The molecule has 0 bridgehead atoms. The monoisotopic (exact) mass is 809 g/mol. The predicted octanol–water partition coefficient (Wildman–Crippen LogP) is 6.84. The van der Waals surface area contributed by atoms with Gasteiger partial charge in [-0.05, 0) is 66.2 Å². The summed E-state index contributed by atoms with van der Waals surface area (Å²) in [6.07, 6.45) is -3.32. The molecule has 4 aromatic carbocycles. The van der Waals surface area contributed by atoms with E-state index in [1.165, 1.54) is 30.5 Å². The van der Waals surface area contributed by atoms with E-state index in [1.54, 1.807) is 24.3 Å². The highest BCUT2D eigenvalue weighted by Gasteiger charge is 2.33. The van der Waals surface area contributed by atoms with Crippen LogP contribution in [0.1, 0.15) is 16.7 Å². The van der Waals surface area contributed by atoms with Crippen molar-refractivity contribution in [1.82, 2.24) is 15.2 Å². The number of halogens is 6. The van der Waals surface area contributed by atoms with Gasteiger partial charge in [-0.25, -0.2) is 10.2 Å². The van der Waals surface area contributed by atoms with Gasteiger partial charge in [0, 0.05) is 48.8 Å². The lowest BCUT2D eigenvalue weighted by Gasteiger charge is -2.33. The van der Waals surface area contributed by atoms with Gasteiger partial charge < -0.3 is 25.8 Å². The van der Waals surface area contributed by atoms with Crippen molar-refractivity contribution in [2.45, 2.75) is 12.8 Å². The number of amides is 4. The van der Waals surface area contributed by atoms with Gasteiger partial charge in [-0.2, -0.15) is 18.3 Å². The molecule has 1 aliphatic rings. The van der Waals surface area contributed by atoms with Gasteiger partial charge in [0.15, 0.2) is 0 Å². The highest BCUT2D eigenvalue weighted by molar-refractivity contribution is 6.31. The average molecular weight is 811 g/mol. The Labute approximate surface area is 326 Å². The summed E-state index contributed by atoms with van der Waals surface area (Å²) in [6.45, 7) is 2.84. The van der Waals surface area contributed by atoms with Gasteiger partial charge in [-0.15, -0.1) is 24.8 Å². The molecule has 0 radical (unpaired) electrons. The molecule has 12 nitrogen and oxygen atoms in total. The van der Waals surface area contributed by atoms with Crippen molar-refractivity contribution >= 4 is 77.5 Å². The Balaban J connectivity index is 0.00000392. The minimum Gasteiger partial charge on any atom is -0.507 e. The molecule has 0 saturated carbocycles. The van der Waals surface area contributed by atoms with Gasteiger partial charge in [0.1, 0.15) is 18.1 Å². The number of anilines is 3. The second kappa shape index (κ2) is 20.4. The summed E-state index contributed by atoms with van der Waals surface area (Å²) in [5, 5.41) is 21.3. The Morgan fingerprint density at radius 2 is 1.35 bits per heavy atom. The molecule has 0 aromatic heterocycles. The van der Waals surface area contributed by atoms with Crippen molar-refractivity contribution in [2.24, 2.45) is 5.10 Å². The lowest BCUT2D eigenvalue weighted by molar-refractivity contribution is -0.137. The van der Waals surface area contributed by atoms with Crippen LogP contribution in [-0.2, 0) is 22.4 Å². The zero-order valence-corrected chi connectivity index (χ0v) is 30.8. The quantitative estimate of drug-likeness (QED) is 0.0778. The predicted molar refractivity (Wildman–Crippen MR) is 206 cm³/mol. The van der Waals surface area contributed by atoms with Gasteiger partial charge in [0.25, 0.3) is 5.91 Å². The molecule has 0 atom stereocenters. The molecule has 1 heterocycles. The number of phenols is 1. The first-order valence-electron chi connectivity index (χ1n) is 16.0. The van der Waals surface area contributed by atoms with E-state index in [9.17, 15) is 32.7 Å². The van der Waals surface area contributed by atoms with Gasteiger partial charge in [0.2, 0.25) is 5.91 Å². The maximum absolute atomic E-state index is 13.1. The molecule has 0 unspecified atom stereocenters. The van der Waals surface area contributed by atoms with E-state index in [-0.39, 0.29) is 61.2 Å². The van der Waals surface area contributed by atoms with Gasteiger partial charge in [-0.1, -0.05) is 41.9 Å². The standard InChI is InChI=1S/C36H35ClF3N7O5.2ClH/c37-31-12-10-28(19-30(31)36(38,39)40)44-35(51)43-27-8-6-26(7-9-27)42-33(49)21-46-14-16-47(17-15-46)22-34(50)45-41-20-25-18-29(11-13-32(25)48)52-23-24-4-2-1-3-5-24;;/h1-13,18-20,48H,14-17,21-23H2,(H,42,49)(H,45,50)(H2,43,44,51);2*1H/b41-20+;;. The lowest BCUT2D eigenvalue weighted by Crippen LogP contribution is -2.50. The molecule has 18 heteroatoms. The molecular formula is C36H37Cl3F3N7O5. The fraction of sp³-hybridized carbons (Fsp3) is 0.222. The van der Waals surface area contributed by atoms with E-state index in [2.05, 4.69) is 26.5 Å². The summed E-state index contributed by atoms with van der Waals surface area (Å²) >= 11 is 5.62. The highest BCUT2D eigenvalue weighted by atomic mass is 35.5. The summed E-state index contributed by atoms with van der Waals surface area (Å²) in [5.74, 6) is -0.0401. The van der Waals surface area contributed by atoms with Gasteiger partial charge in [0.05, 0.1) is 29.9 Å². The number of hydrogen-bond acceptors (Lipinski definition) is 8. The molecular weight excluding hydrogens is 774 g/mol. The van der Waals surface area contributed by atoms with Crippen LogP contribution in [0, 0.1) is 0 Å². The van der Waals surface area contributed by atoms with Crippen LogP contribution in [-0.4, -0.2) is 78.2 Å². The number of hydrazone groups is 1. The number of nitrogens with zero attached hydrogens (tertiary/aromatic N) is 3. The van der Waals surface area contributed by atoms with Crippen LogP contribution in [0.4, 0.5) is 35.0 Å². The molecule has 1 aliphatic heterocycles. The molecule has 54 heavy (non-hydrogen) atoms. The van der Waals surface area contributed by atoms with Gasteiger partial charge >= 0.3 is 12.2 Å². The first-order valence-corrected chi connectivity index (χ1v) is 16.4. The van der Waals surface area contributed by atoms with Crippen LogP contribution in [0.5, 0.6) is 11.5 Å². The summed E-state index contributed by atoms with van der Waals surface area (Å²) in [5.41, 5.74) is 3.55. The number of ether oxygens (including phenoxy) is 1. The average Bonchev–Trinajstić information content (AvgIpc) is 3.11. The number of carbonyl (C=O) groups is 3. The van der Waals surface area contributed by atoms with E-state index in [0.29, 0.717) is 55.5 Å². The van der Waals surface area contributed by atoms with Crippen molar-refractivity contribution in [3.05, 3.63) is 113 Å². The Morgan fingerprint density at radius 1 is 0.778 bits per heavy atom. The zero-order valence-electron chi connectivity index (χ0n) is 28.4. The maximum Gasteiger partial charge on any atom is 0.417 e. The van der Waals surface area contributed by atoms with Crippen LogP contribution in [0.25, 0.3) is 0 Å². The number of rotatable bonds is 12. The first kappa shape index (κ1) is 43.3. The summed E-state index contributed by atoms with van der Waals surface area (Å²) in [6, 6.07) is 22.9. The number of piperazine rings is 1. The Hall–Kier alpha value is -5.06. The lowest BCUT2D eigenvalue weighted by atomic mass is 10.2. The first-order chi connectivity index (χ1) is 24.9. The van der Waals surface area contributed by atoms with Crippen LogP contribution < -0.4 is 26.1 Å². The zero-order chi connectivity index (χ0) is 37.1. The third kappa shape index (κ3) is 13.4. The number of hydrogen-bond donors (Lipinski definition) is 5. The minimum atomic E-state index is -4.67. The van der Waals surface area contributed by atoms with Crippen LogP contribution in [0.15, 0.2) is 96.1 Å². The summed E-state index contributed by atoms with van der Waals surface area (Å²) < 4.78 is 45.1. The molecule has 4 aromatic rings. The third-order valence-corrected chi connectivity index (χ3v) is 8.13. The SMILES string of the molecule is Cl.Cl.O=C(CN1CCN(CC(=O)Nc2ccc(NC(=O)Nc3ccc(Cl)c(C(F)(F)F)c3)cc2)CC1)N/N=C/c1cc(OCc2ccccc2)ccc1O. The van der Waals surface area contributed by atoms with Crippen molar-refractivity contribution in [1.29, 1.82) is 0 Å². The number of aromatic hydroxyl groups is 1. The number of urea groups is 1. The molecule has 5 N–H and O–H groups in total. The number of benzene rings is 4. The minimum absolute atomic E-state index is 0. The Morgan fingerprint density at radius 3 is 1.98 bits per heavy atom. The maximum atomic E-state index is 13.1. The van der Waals surface area contributed by atoms with E-state index in [0.717, 1.165) is 17.7 Å². The van der Waals surface area contributed by atoms with Crippen LogP contribution in [0.3, 0.4) is 0 Å². The normalized spacial score (nSPS) is 13.3. The number of nitrogens with one attached hydrogen (secondary N) is 4. The fourth-order valence-electron chi connectivity index (χ4n) is 5.14. The van der Waals surface area contributed by atoms with Crippen molar-refractivity contribution in [3.8, 4) is 11.5 Å². The van der Waals surface area contributed by atoms with Gasteiger partial charge in [-0.3, -0.25) is 19.4 Å². The summed E-state index contributed by atoms with van der Waals surface area (Å²) in [4.78, 5) is 41.4. The Kier molecular flexibility index (Phi) is 16.4. The fourth-order valence-corrected chi connectivity index (χ4v) is 5.36. The van der Waals surface area contributed by atoms with Crippen LogP contribution >= 0.6 is 36.4 Å². The molecule has 0 aliphatic carbocycles. The topological polar surface area (TPSA) is 148 Å². The molecule has 1 fully saturated rings. The Bertz CT molecular complexity index is 1900. The number of phenolic OH excluding ortho intramolecular Hbond substituents is 1. The third-order valence-electron chi connectivity index (χ3n) is 7.80. The van der Waals surface area contributed by atoms with Crippen molar-refractivity contribution in [3.63, 3.8) is 0 Å². The van der Waals surface area contributed by atoms with E-state index < -0.39 is 22.8 Å². The highest BCUT2D eigenvalue weighted by Crippen LogP contribution is 2.36. The van der Waals surface area contributed by atoms with Crippen molar-refractivity contribution < 1.29 is 37.4 Å². The molecule has 1 saturated heterocycles. The molecule has 5 rings (SSSR count). The second-order valence-corrected chi connectivity index (χ2v) is 12.1. The van der Waals surface area contributed by atoms with E-state index >= 15 is 0 Å².